The number of rotatable bonds is 4. The smallest absolute Gasteiger partial charge is 0.0635 e. The molecule has 1 saturated carbocycles. The van der Waals surface area contributed by atoms with E-state index in [1.54, 1.807) is 0 Å². The predicted molar refractivity (Wildman–Crippen MR) is 71.0 cm³/mol. The lowest BCUT2D eigenvalue weighted by Gasteiger charge is -2.50. The maximum atomic E-state index is 10.4. The number of hydrogen-bond donors (Lipinski definition) is 1. The van der Waals surface area contributed by atoms with Gasteiger partial charge in [-0.2, -0.15) is 0 Å². The summed E-state index contributed by atoms with van der Waals surface area (Å²) < 4.78 is 0. The lowest BCUT2D eigenvalue weighted by atomic mass is 9.72. The average molecular weight is 240 g/mol. The Labute approximate surface area is 106 Å². The number of unbranched alkanes of at least 4 members (excludes halogenated alkanes) is 1. The minimum Gasteiger partial charge on any atom is -0.392 e. The van der Waals surface area contributed by atoms with Crippen LogP contribution in [0.1, 0.15) is 32.6 Å². The van der Waals surface area contributed by atoms with Gasteiger partial charge in [0.05, 0.1) is 6.10 Å². The van der Waals surface area contributed by atoms with Crippen molar-refractivity contribution < 1.29 is 5.11 Å². The molecule has 1 aliphatic carbocycles. The van der Waals surface area contributed by atoms with Gasteiger partial charge in [0.15, 0.2) is 0 Å². The van der Waals surface area contributed by atoms with E-state index in [0.717, 1.165) is 13.1 Å². The van der Waals surface area contributed by atoms with E-state index in [1.165, 1.54) is 32.2 Å². The molecular formula is C14H28N2O. The van der Waals surface area contributed by atoms with Gasteiger partial charge in [-0.05, 0) is 45.8 Å². The molecule has 1 aliphatic heterocycles. The number of fused-ring (bicyclic) bond motifs is 2. The molecule has 0 aromatic heterocycles. The van der Waals surface area contributed by atoms with Crippen molar-refractivity contribution in [2.45, 2.75) is 44.8 Å². The van der Waals surface area contributed by atoms with Crippen molar-refractivity contribution in [3.05, 3.63) is 0 Å². The maximum Gasteiger partial charge on any atom is 0.0635 e. The van der Waals surface area contributed by atoms with Gasteiger partial charge in [-0.3, -0.25) is 0 Å². The summed E-state index contributed by atoms with van der Waals surface area (Å²) in [6.07, 6.45) is 4.96. The van der Waals surface area contributed by atoms with Crippen LogP contribution in [0.3, 0.4) is 0 Å². The van der Waals surface area contributed by atoms with Gasteiger partial charge in [0.25, 0.3) is 0 Å². The molecule has 3 nitrogen and oxygen atoms in total. The van der Waals surface area contributed by atoms with Crippen LogP contribution in [0, 0.1) is 11.8 Å². The summed E-state index contributed by atoms with van der Waals surface area (Å²) in [5, 5.41) is 10.4. The molecule has 0 amide bonds. The van der Waals surface area contributed by atoms with Gasteiger partial charge in [-0.15, -0.1) is 0 Å². The molecule has 2 fully saturated rings. The Morgan fingerprint density at radius 3 is 2.65 bits per heavy atom. The Bertz CT molecular complexity index is 244. The summed E-state index contributed by atoms with van der Waals surface area (Å²) in [6, 6.07) is 0.575. The molecule has 2 bridgehead atoms. The van der Waals surface area contributed by atoms with Crippen LogP contribution in [-0.4, -0.2) is 60.8 Å². The largest absolute Gasteiger partial charge is 0.392 e. The van der Waals surface area contributed by atoms with E-state index >= 15 is 0 Å². The molecule has 100 valence electrons. The Balaban J connectivity index is 1.99. The van der Waals surface area contributed by atoms with Gasteiger partial charge in [-0.25, -0.2) is 0 Å². The van der Waals surface area contributed by atoms with Crippen LogP contribution < -0.4 is 0 Å². The van der Waals surface area contributed by atoms with Gasteiger partial charge < -0.3 is 14.9 Å². The van der Waals surface area contributed by atoms with Crippen molar-refractivity contribution in [2.75, 3.05) is 33.7 Å². The van der Waals surface area contributed by atoms with E-state index in [0.29, 0.717) is 17.9 Å². The molecule has 1 heterocycles. The summed E-state index contributed by atoms with van der Waals surface area (Å²) in [5.41, 5.74) is 0. The second kappa shape index (κ2) is 5.68. The molecule has 0 aromatic carbocycles. The topological polar surface area (TPSA) is 26.7 Å². The summed E-state index contributed by atoms with van der Waals surface area (Å²) in [7, 11) is 4.31. The third-order valence-corrected chi connectivity index (χ3v) is 4.70. The monoisotopic (exact) mass is 240 g/mol. The Hall–Kier alpha value is -0.120. The first-order chi connectivity index (χ1) is 8.13. The van der Waals surface area contributed by atoms with E-state index in [4.69, 9.17) is 0 Å². The van der Waals surface area contributed by atoms with Crippen LogP contribution in [0.5, 0.6) is 0 Å². The molecule has 2 rings (SSSR count). The lowest BCUT2D eigenvalue weighted by Crippen LogP contribution is -2.59. The zero-order chi connectivity index (χ0) is 12.4. The minimum absolute atomic E-state index is 0.0611. The fourth-order valence-corrected chi connectivity index (χ4v) is 3.69. The highest BCUT2D eigenvalue weighted by Gasteiger charge is 2.43. The van der Waals surface area contributed by atoms with Crippen molar-refractivity contribution in [2.24, 2.45) is 11.8 Å². The predicted octanol–water partition coefficient (Wildman–Crippen LogP) is 1.42. The van der Waals surface area contributed by atoms with E-state index < -0.39 is 0 Å². The molecule has 17 heavy (non-hydrogen) atoms. The number of hydrogen-bond acceptors (Lipinski definition) is 3. The second-order valence-electron chi connectivity index (χ2n) is 6.14. The first-order valence-corrected chi connectivity index (χ1v) is 7.20. The van der Waals surface area contributed by atoms with Gasteiger partial charge in [-0.1, -0.05) is 13.3 Å². The summed E-state index contributed by atoms with van der Waals surface area (Å²) >= 11 is 0. The molecule has 1 N–H and O–H groups in total. The molecule has 1 saturated heterocycles. The average Bonchev–Trinajstić information content (AvgIpc) is 2.26. The van der Waals surface area contributed by atoms with E-state index in [9.17, 15) is 5.11 Å². The van der Waals surface area contributed by atoms with Crippen molar-refractivity contribution >= 4 is 0 Å². The van der Waals surface area contributed by atoms with Gasteiger partial charge in [0, 0.05) is 25.0 Å². The molecule has 0 spiro atoms. The normalized spacial score (nSPS) is 38.6. The van der Waals surface area contributed by atoms with Gasteiger partial charge in [0.2, 0.25) is 0 Å². The molecule has 0 radical (unpaired) electrons. The number of likely N-dealkylation sites (tertiary alicyclic amines) is 1. The summed E-state index contributed by atoms with van der Waals surface area (Å²) in [4.78, 5) is 4.90. The summed E-state index contributed by atoms with van der Waals surface area (Å²) in [5.74, 6) is 0.996. The quantitative estimate of drug-likeness (QED) is 0.805. The highest BCUT2D eigenvalue weighted by atomic mass is 16.3. The van der Waals surface area contributed by atoms with Crippen LogP contribution in [0.2, 0.25) is 0 Å². The number of aliphatic hydroxyl groups is 1. The van der Waals surface area contributed by atoms with Crippen LogP contribution in [-0.2, 0) is 0 Å². The number of aliphatic hydroxyl groups excluding tert-OH is 1. The van der Waals surface area contributed by atoms with Crippen molar-refractivity contribution in [1.82, 2.24) is 9.80 Å². The second-order valence-corrected chi connectivity index (χ2v) is 6.14. The zero-order valence-electron chi connectivity index (χ0n) is 11.6. The lowest BCUT2D eigenvalue weighted by molar-refractivity contribution is -0.0817. The third kappa shape index (κ3) is 2.83. The van der Waals surface area contributed by atoms with E-state index in [1.807, 2.05) is 0 Å². The standard InChI is InChI=1S/C14H28N2O/c1-4-5-8-16-9-11-6-7-13(15(2)3)12(10-16)14(11)17/h11-14,17H,4-10H2,1-3H3/t11?,12?,13-,14+/m1/s1. The Morgan fingerprint density at radius 2 is 2.00 bits per heavy atom. The van der Waals surface area contributed by atoms with E-state index in [2.05, 4.69) is 30.8 Å². The maximum absolute atomic E-state index is 10.4. The Kier molecular flexibility index (Phi) is 4.45. The SMILES string of the molecule is CCCCN1CC2CC[C@@H](N(C)C)C(C1)[C@H]2O. The van der Waals surface area contributed by atoms with Crippen LogP contribution >= 0.6 is 0 Å². The molecule has 4 atom stereocenters. The van der Waals surface area contributed by atoms with Crippen LogP contribution in [0.4, 0.5) is 0 Å². The van der Waals surface area contributed by atoms with Crippen molar-refractivity contribution in [3.8, 4) is 0 Å². The molecule has 3 heteroatoms. The highest BCUT2D eigenvalue weighted by molar-refractivity contribution is 4.97. The number of piperidine rings is 1. The number of nitrogens with zero attached hydrogens (tertiary/aromatic N) is 2. The van der Waals surface area contributed by atoms with E-state index in [-0.39, 0.29) is 6.10 Å². The minimum atomic E-state index is -0.0611. The fraction of sp³-hybridized carbons (Fsp3) is 1.00. The van der Waals surface area contributed by atoms with Gasteiger partial charge >= 0.3 is 0 Å². The molecule has 2 aliphatic rings. The first-order valence-electron chi connectivity index (χ1n) is 7.20. The van der Waals surface area contributed by atoms with Crippen LogP contribution in [0.25, 0.3) is 0 Å². The molecular weight excluding hydrogens is 212 g/mol. The van der Waals surface area contributed by atoms with Crippen molar-refractivity contribution in [1.29, 1.82) is 0 Å². The van der Waals surface area contributed by atoms with Crippen molar-refractivity contribution in [3.63, 3.8) is 0 Å². The zero-order valence-corrected chi connectivity index (χ0v) is 11.6. The Morgan fingerprint density at radius 1 is 1.24 bits per heavy atom. The molecule has 0 aromatic rings. The summed E-state index contributed by atoms with van der Waals surface area (Å²) in [6.45, 7) is 5.69. The highest BCUT2D eigenvalue weighted by Crippen LogP contribution is 2.36. The molecule has 2 unspecified atom stereocenters. The third-order valence-electron chi connectivity index (χ3n) is 4.70. The first kappa shape index (κ1) is 13.3. The fourth-order valence-electron chi connectivity index (χ4n) is 3.69. The van der Waals surface area contributed by atoms with Crippen LogP contribution in [0.15, 0.2) is 0 Å². The van der Waals surface area contributed by atoms with Gasteiger partial charge in [0.1, 0.15) is 0 Å².